The number of hydrogen-bond acceptors (Lipinski definition) is 4. The molecule has 2 aromatic carbocycles. The van der Waals surface area contributed by atoms with Crippen LogP contribution in [0.3, 0.4) is 0 Å². The van der Waals surface area contributed by atoms with Crippen LogP contribution >= 0.6 is 34.7 Å². The number of rotatable bonds is 3. The molecule has 0 fully saturated rings. The molecule has 1 aromatic heterocycles. The molecule has 1 heterocycles. The van der Waals surface area contributed by atoms with Gasteiger partial charge in [0, 0.05) is 9.92 Å². The molecule has 3 aromatic rings. The number of nitrogens with zero attached hydrogens (tertiary/aromatic N) is 1. The summed E-state index contributed by atoms with van der Waals surface area (Å²) in [5, 5.41) is 0.472. The van der Waals surface area contributed by atoms with E-state index in [2.05, 4.69) is 0 Å². The zero-order valence-corrected chi connectivity index (χ0v) is 13.2. The Morgan fingerprint density at radius 2 is 1.95 bits per heavy atom. The number of aromatic nitrogens is 1. The average Bonchev–Trinajstić information content (AvgIpc) is 2.76. The third-order valence-corrected chi connectivity index (χ3v) is 4.95. The Morgan fingerprint density at radius 1 is 1.19 bits per heavy atom. The van der Waals surface area contributed by atoms with E-state index in [0.717, 1.165) is 32.7 Å². The van der Waals surface area contributed by atoms with E-state index in [1.807, 2.05) is 30.3 Å². The van der Waals surface area contributed by atoms with Gasteiger partial charge in [0.2, 0.25) is 5.12 Å². The topological polar surface area (TPSA) is 39.1 Å². The SMILES string of the molecule is O=C(Cn1c(=O)sc2ccc(Cl)cc21)Sc1ccccc1. The Labute approximate surface area is 134 Å². The lowest BCUT2D eigenvalue weighted by atomic mass is 10.3. The predicted molar refractivity (Wildman–Crippen MR) is 88.4 cm³/mol. The smallest absolute Gasteiger partial charge is 0.290 e. The van der Waals surface area contributed by atoms with Gasteiger partial charge in [-0.3, -0.25) is 14.2 Å². The zero-order valence-electron chi connectivity index (χ0n) is 10.8. The molecule has 21 heavy (non-hydrogen) atoms. The second-order valence-electron chi connectivity index (χ2n) is 4.35. The van der Waals surface area contributed by atoms with Gasteiger partial charge in [-0.05, 0) is 30.3 Å². The van der Waals surface area contributed by atoms with Crippen LogP contribution in [0, 0.1) is 0 Å². The minimum atomic E-state index is -0.144. The number of thiazole rings is 1. The molecule has 0 bridgehead atoms. The summed E-state index contributed by atoms with van der Waals surface area (Å²) < 4.78 is 2.31. The number of thioether (sulfide) groups is 1. The van der Waals surface area contributed by atoms with Gasteiger partial charge >= 0.3 is 4.87 Å². The molecule has 0 saturated carbocycles. The highest BCUT2D eigenvalue weighted by Gasteiger charge is 2.12. The number of fused-ring (bicyclic) bond motifs is 1. The molecule has 0 radical (unpaired) electrons. The quantitative estimate of drug-likeness (QED) is 0.678. The number of halogens is 1. The van der Waals surface area contributed by atoms with Gasteiger partial charge in [0.05, 0.1) is 16.8 Å². The molecule has 0 atom stereocenters. The standard InChI is InChI=1S/C15H10ClNO2S2/c16-10-6-7-13-12(8-10)17(15(19)21-13)9-14(18)20-11-4-2-1-3-5-11/h1-8H,9H2. The van der Waals surface area contributed by atoms with E-state index in [1.165, 1.54) is 4.57 Å². The highest BCUT2D eigenvalue weighted by Crippen LogP contribution is 2.23. The molecule has 0 amide bonds. The summed E-state index contributed by atoms with van der Waals surface area (Å²) in [5.41, 5.74) is 0.708. The second kappa shape index (κ2) is 6.05. The minimum absolute atomic E-state index is 0.0404. The van der Waals surface area contributed by atoms with Crippen LogP contribution in [-0.4, -0.2) is 9.68 Å². The summed E-state index contributed by atoms with van der Waals surface area (Å²) in [6.07, 6.45) is 0. The van der Waals surface area contributed by atoms with Crippen molar-refractivity contribution in [1.29, 1.82) is 0 Å². The maximum absolute atomic E-state index is 12.1. The van der Waals surface area contributed by atoms with Crippen molar-refractivity contribution in [2.75, 3.05) is 0 Å². The normalized spacial score (nSPS) is 10.9. The van der Waals surface area contributed by atoms with Crippen LogP contribution in [0.5, 0.6) is 0 Å². The molecule has 6 heteroatoms. The van der Waals surface area contributed by atoms with Crippen LogP contribution in [-0.2, 0) is 11.3 Å². The minimum Gasteiger partial charge on any atom is -0.290 e. The molecule has 0 N–H and O–H groups in total. The fraction of sp³-hybridized carbons (Fsp3) is 0.0667. The first-order valence-corrected chi connectivity index (χ1v) is 8.19. The molecule has 0 spiro atoms. The largest absolute Gasteiger partial charge is 0.308 e. The van der Waals surface area contributed by atoms with Gasteiger partial charge in [-0.2, -0.15) is 0 Å². The van der Waals surface area contributed by atoms with Gasteiger partial charge in [0.25, 0.3) is 0 Å². The lowest BCUT2D eigenvalue weighted by molar-refractivity contribution is -0.111. The van der Waals surface area contributed by atoms with Crippen LogP contribution in [0.2, 0.25) is 5.02 Å². The van der Waals surface area contributed by atoms with Gasteiger partial charge in [0.15, 0.2) is 0 Å². The van der Waals surface area contributed by atoms with Crippen molar-refractivity contribution in [3.63, 3.8) is 0 Å². The molecule has 0 aliphatic heterocycles. The maximum Gasteiger partial charge on any atom is 0.308 e. The Bertz CT molecular complexity index is 855. The van der Waals surface area contributed by atoms with Crippen LogP contribution in [0.15, 0.2) is 58.2 Å². The van der Waals surface area contributed by atoms with Crippen molar-refractivity contribution in [3.8, 4) is 0 Å². The van der Waals surface area contributed by atoms with Crippen molar-refractivity contribution < 1.29 is 4.79 Å². The lowest BCUT2D eigenvalue weighted by Crippen LogP contribution is -2.17. The molecule has 0 saturated heterocycles. The van der Waals surface area contributed by atoms with E-state index in [1.54, 1.807) is 18.2 Å². The van der Waals surface area contributed by atoms with Gasteiger partial charge in [-0.25, -0.2) is 0 Å². The monoisotopic (exact) mass is 335 g/mol. The van der Waals surface area contributed by atoms with E-state index < -0.39 is 0 Å². The summed E-state index contributed by atoms with van der Waals surface area (Å²) in [6.45, 7) is 0.0404. The number of hydrogen-bond donors (Lipinski definition) is 0. The highest BCUT2D eigenvalue weighted by molar-refractivity contribution is 8.13. The van der Waals surface area contributed by atoms with Crippen molar-refractivity contribution >= 4 is 50.0 Å². The van der Waals surface area contributed by atoms with E-state index in [0.29, 0.717) is 10.5 Å². The summed E-state index contributed by atoms with van der Waals surface area (Å²) in [4.78, 5) is 24.9. The fourth-order valence-electron chi connectivity index (χ4n) is 1.97. The molecular weight excluding hydrogens is 326 g/mol. The molecule has 3 rings (SSSR count). The van der Waals surface area contributed by atoms with Crippen molar-refractivity contribution in [2.24, 2.45) is 0 Å². The van der Waals surface area contributed by atoms with Gasteiger partial charge < -0.3 is 0 Å². The Balaban J connectivity index is 1.88. The van der Waals surface area contributed by atoms with Crippen LogP contribution in [0.1, 0.15) is 0 Å². The predicted octanol–water partition coefficient (Wildman–Crippen LogP) is 4.04. The lowest BCUT2D eigenvalue weighted by Gasteiger charge is -2.03. The molecule has 0 unspecified atom stereocenters. The van der Waals surface area contributed by atoms with Gasteiger partial charge in [-0.1, -0.05) is 52.9 Å². The van der Waals surface area contributed by atoms with E-state index in [9.17, 15) is 9.59 Å². The first-order valence-electron chi connectivity index (χ1n) is 6.18. The maximum atomic E-state index is 12.1. The summed E-state index contributed by atoms with van der Waals surface area (Å²) in [5.74, 6) is 0. The first-order chi connectivity index (χ1) is 10.1. The van der Waals surface area contributed by atoms with Crippen LogP contribution in [0.4, 0.5) is 0 Å². The van der Waals surface area contributed by atoms with E-state index >= 15 is 0 Å². The number of carbonyl (C=O) groups excluding carboxylic acids is 1. The highest BCUT2D eigenvalue weighted by atomic mass is 35.5. The molecule has 0 aliphatic rings. The second-order valence-corrected chi connectivity index (χ2v) is 6.91. The third-order valence-electron chi connectivity index (χ3n) is 2.89. The molecule has 0 aliphatic carbocycles. The molecule has 106 valence electrons. The molecular formula is C15H10ClNO2S2. The number of carbonyl (C=O) groups is 1. The van der Waals surface area contributed by atoms with Crippen molar-refractivity contribution in [3.05, 3.63) is 63.2 Å². The van der Waals surface area contributed by atoms with Gasteiger partial charge in [-0.15, -0.1) is 0 Å². The van der Waals surface area contributed by atoms with Crippen molar-refractivity contribution in [1.82, 2.24) is 4.57 Å². The third kappa shape index (κ3) is 3.20. The van der Waals surface area contributed by atoms with Crippen molar-refractivity contribution in [2.45, 2.75) is 11.4 Å². The number of benzene rings is 2. The van der Waals surface area contributed by atoms with Crippen LogP contribution in [0.25, 0.3) is 10.2 Å². The summed E-state index contributed by atoms with van der Waals surface area (Å²) in [7, 11) is 0. The summed E-state index contributed by atoms with van der Waals surface area (Å²) >= 11 is 8.22. The fourth-order valence-corrected chi connectivity index (χ4v) is 3.75. The Morgan fingerprint density at radius 3 is 2.71 bits per heavy atom. The Kier molecular flexibility index (Phi) is 4.14. The van der Waals surface area contributed by atoms with Gasteiger partial charge in [0.1, 0.15) is 0 Å². The van der Waals surface area contributed by atoms with Crippen LogP contribution < -0.4 is 4.87 Å². The zero-order chi connectivity index (χ0) is 14.8. The Hall–Kier alpha value is -1.56. The van der Waals surface area contributed by atoms with E-state index in [4.69, 9.17) is 11.6 Å². The average molecular weight is 336 g/mol. The first kappa shape index (κ1) is 14.4. The summed E-state index contributed by atoms with van der Waals surface area (Å²) in [6, 6.07) is 14.6. The van der Waals surface area contributed by atoms with E-state index in [-0.39, 0.29) is 16.5 Å². The molecule has 3 nitrogen and oxygen atoms in total.